The number of carbonyl (C=O) groups is 3. The Morgan fingerprint density at radius 2 is 1.83 bits per heavy atom. The first-order valence-corrected chi connectivity index (χ1v) is 11.3. The molecule has 2 rings (SSSR count). The van der Waals surface area contributed by atoms with Crippen molar-refractivity contribution in [1.29, 1.82) is 0 Å². The van der Waals surface area contributed by atoms with E-state index in [1.807, 2.05) is 13.8 Å². The molecule has 1 fully saturated rings. The van der Waals surface area contributed by atoms with Crippen molar-refractivity contribution < 1.29 is 19.1 Å². The van der Waals surface area contributed by atoms with E-state index in [1.165, 1.54) is 18.2 Å². The second-order valence-electron chi connectivity index (χ2n) is 7.93. The van der Waals surface area contributed by atoms with Gasteiger partial charge in [-0.05, 0) is 51.7 Å². The standard InChI is InChI=1S/C22H32N2O4S/c1-14(2)23-20(25)13-29-19-12-8-6-10-17(19)22(27)28-16(4)21(26)24-18-11-7-5-9-15(18)3/h6,8,10,12,14-16,18H,5,7,9,11,13H2,1-4H3,(H,23,25)(H,24,26)/t15-,16+,18-/m0/s1. The summed E-state index contributed by atoms with van der Waals surface area (Å²) in [5.41, 5.74) is 0.362. The normalized spacial score (nSPS) is 20.0. The predicted molar refractivity (Wildman–Crippen MR) is 115 cm³/mol. The highest BCUT2D eigenvalue weighted by Gasteiger charge is 2.27. The van der Waals surface area contributed by atoms with E-state index in [0.29, 0.717) is 16.4 Å². The summed E-state index contributed by atoms with van der Waals surface area (Å²) in [5, 5.41) is 5.85. The SMILES string of the molecule is CC(C)NC(=O)CSc1ccccc1C(=O)O[C@H](C)C(=O)N[C@H]1CCCC[C@@H]1C. The minimum atomic E-state index is -0.876. The van der Waals surface area contributed by atoms with Crippen LogP contribution in [0, 0.1) is 5.92 Å². The molecule has 29 heavy (non-hydrogen) atoms. The number of hydrogen-bond acceptors (Lipinski definition) is 5. The van der Waals surface area contributed by atoms with E-state index in [1.54, 1.807) is 31.2 Å². The van der Waals surface area contributed by atoms with Crippen LogP contribution in [0.4, 0.5) is 0 Å². The van der Waals surface area contributed by atoms with Crippen molar-refractivity contribution in [3.05, 3.63) is 29.8 Å². The minimum Gasteiger partial charge on any atom is -0.449 e. The zero-order chi connectivity index (χ0) is 21.4. The zero-order valence-corrected chi connectivity index (χ0v) is 18.5. The lowest BCUT2D eigenvalue weighted by Crippen LogP contribution is -2.46. The topological polar surface area (TPSA) is 84.5 Å². The number of ether oxygens (including phenoxy) is 1. The third-order valence-corrected chi connectivity index (χ3v) is 6.08. The smallest absolute Gasteiger partial charge is 0.340 e. The fourth-order valence-corrected chi connectivity index (χ4v) is 4.23. The van der Waals surface area contributed by atoms with Crippen LogP contribution in [0.25, 0.3) is 0 Å². The molecule has 0 aromatic heterocycles. The Morgan fingerprint density at radius 1 is 1.14 bits per heavy atom. The molecule has 0 bridgehead atoms. The predicted octanol–water partition coefficient (Wildman–Crippen LogP) is 3.54. The number of carbonyl (C=O) groups excluding carboxylic acids is 3. The summed E-state index contributed by atoms with van der Waals surface area (Å²) in [6.45, 7) is 7.53. The maximum Gasteiger partial charge on any atom is 0.340 e. The monoisotopic (exact) mass is 420 g/mol. The minimum absolute atomic E-state index is 0.0644. The van der Waals surface area contributed by atoms with Crippen molar-refractivity contribution in [1.82, 2.24) is 10.6 Å². The van der Waals surface area contributed by atoms with Crippen LogP contribution in [-0.4, -0.2) is 41.7 Å². The number of esters is 1. The molecule has 0 aliphatic heterocycles. The molecule has 1 aromatic rings. The average molecular weight is 421 g/mol. The van der Waals surface area contributed by atoms with Crippen LogP contribution >= 0.6 is 11.8 Å². The van der Waals surface area contributed by atoms with Crippen LogP contribution in [0.2, 0.25) is 0 Å². The molecule has 1 aliphatic rings. The van der Waals surface area contributed by atoms with Gasteiger partial charge in [0.2, 0.25) is 5.91 Å². The first kappa shape index (κ1) is 23.3. The molecule has 0 saturated heterocycles. The molecule has 2 N–H and O–H groups in total. The molecule has 3 atom stereocenters. The van der Waals surface area contributed by atoms with Crippen LogP contribution in [-0.2, 0) is 14.3 Å². The third kappa shape index (κ3) is 7.38. The average Bonchev–Trinajstić information content (AvgIpc) is 2.67. The van der Waals surface area contributed by atoms with E-state index in [9.17, 15) is 14.4 Å². The number of nitrogens with one attached hydrogen (secondary N) is 2. The van der Waals surface area contributed by atoms with Crippen molar-refractivity contribution in [3.8, 4) is 0 Å². The number of rotatable bonds is 8. The first-order chi connectivity index (χ1) is 13.8. The van der Waals surface area contributed by atoms with Crippen molar-refractivity contribution in [2.45, 2.75) is 76.5 Å². The van der Waals surface area contributed by atoms with E-state index < -0.39 is 12.1 Å². The molecule has 0 spiro atoms. The zero-order valence-electron chi connectivity index (χ0n) is 17.7. The summed E-state index contributed by atoms with van der Waals surface area (Å²) in [4.78, 5) is 37.7. The largest absolute Gasteiger partial charge is 0.449 e. The number of benzene rings is 1. The van der Waals surface area contributed by atoms with Crippen molar-refractivity contribution in [3.63, 3.8) is 0 Å². The maximum atomic E-state index is 12.6. The van der Waals surface area contributed by atoms with Gasteiger partial charge in [-0.15, -0.1) is 11.8 Å². The van der Waals surface area contributed by atoms with E-state index in [-0.39, 0.29) is 29.7 Å². The van der Waals surface area contributed by atoms with Gasteiger partial charge in [0.15, 0.2) is 6.10 Å². The Labute approximate surface area is 177 Å². The Morgan fingerprint density at radius 3 is 2.52 bits per heavy atom. The van der Waals surface area contributed by atoms with Crippen LogP contribution in [0.15, 0.2) is 29.2 Å². The molecule has 0 unspecified atom stereocenters. The second-order valence-corrected chi connectivity index (χ2v) is 8.95. The summed E-state index contributed by atoms with van der Waals surface area (Å²) in [6, 6.07) is 7.18. The molecule has 1 aromatic carbocycles. The van der Waals surface area contributed by atoms with E-state index in [0.717, 1.165) is 19.3 Å². The lowest BCUT2D eigenvalue weighted by molar-refractivity contribution is -0.130. The van der Waals surface area contributed by atoms with E-state index in [2.05, 4.69) is 17.6 Å². The number of thioether (sulfide) groups is 1. The van der Waals surface area contributed by atoms with Gasteiger partial charge >= 0.3 is 5.97 Å². The summed E-state index contributed by atoms with van der Waals surface area (Å²) >= 11 is 1.28. The van der Waals surface area contributed by atoms with Crippen molar-refractivity contribution in [2.75, 3.05) is 5.75 Å². The maximum absolute atomic E-state index is 12.6. The highest BCUT2D eigenvalue weighted by molar-refractivity contribution is 8.00. The van der Waals surface area contributed by atoms with Crippen LogP contribution in [0.3, 0.4) is 0 Å². The molecule has 2 amide bonds. The Bertz CT molecular complexity index is 723. The highest BCUT2D eigenvalue weighted by Crippen LogP contribution is 2.25. The fourth-order valence-electron chi connectivity index (χ4n) is 3.38. The second kappa shape index (κ2) is 11.2. The van der Waals surface area contributed by atoms with Gasteiger partial charge in [-0.25, -0.2) is 4.79 Å². The van der Waals surface area contributed by atoms with Gasteiger partial charge in [-0.2, -0.15) is 0 Å². The van der Waals surface area contributed by atoms with Gasteiger partial charge in [0, 0.05) is 17.0 Å². The molecule has 160 valence electrons. The van der Waals surface area contributed by atoms with Crippen LogP contribution in [0.1, 0.15) is 63.7 Å². The van der Waals surface area contributed by atoms with Crippen molar-refractivity contribution in [2.24, 2.45) is 5.92 Å². The summed E-state index contributed by atoms with van der Waals surface area (Å²) in [6.07, 6.45) is 3.50. The summed E-state index contributed by atoms with van der Waals surface area (Å²) < 4.78 is 5.42. The van der Waals surface area contributed by atoms with Gasteiger partial charge < -0.3 is 15.4 Å². The highest BCUT2D eigenvalue weighted by atomic mass is 32.2. The molecular formula is C22H32N2O4S. The van der Waals surface area contributed by atoms with E-state index in [4.69, 9.17) is 4.74 Å². The van der Waals surface area contributed by atoms with Gasteiger partial charge in [0.05, 0.1) is 11.3 Å². The van der Waals surface area contributed by atoms with Crippen molar-refractivity contribution >= 4 is 29.5 Å². The molecular weight excluding hydrogens is 388 g/mol. The van der Waals surface area contributed by atoms with Gasteiger partial charge in [0.25, 0.3) is 5.91 Å². The lowest BCUT2D eigenvalue weighted by Gasteiger charge is -2.30. The van der Waals surface area contributed by atoms with Gasteiger partial charge in [0.1, 0.15) is 0 Å². The van der Waals surface area contributed by atoms with Gasteiger partial charge in [-0.1, -0.05) is 31.9 Å². The Hall–Kier alpha value is -2.02. The number of amides is 2. The molecule has 1 saturated carbocycles. The van der Waals surface area contributed by atoms with E-state index >= 15 is 0 Å². The molecule has 1 aliphatic carbocycles. The third-order valence-electron chi connectivity index (χ3n) is 5.01. The van der Waals surface area contributed by atoms with Gasteiger partial charge in [-0.3, -0.25) is 9.59 Å². The van der Waals surface area contributed by atoms with Crippen LogP contribution < -0.4 is 10.6 Å². The lowest BCUT2D eigenvalue weighted by atomic mass is 9.86. The number of hydrogen-bond donors (Lipinski definition) is 2. The summed E-state index contributed by atoms with van der Waals surface area (Å²) in [7, 11) is 0. The first-order valence-electron chi connectivity index (χ1n) is 10.3. The molecule has 7 heteroatoms. The molecule has 6 nitrogen and oxygen atoms in total. The quantitative estimate of drug-likeness (QED) is 0.496. The Kier molecular flexibility index (Phi) is 9.01. The summed E-state index contributed by atoms with van der Waals surface area (Å²) in [5.74, 6) is -0.277. The molecule has 0 radical (unpaired) electrons. The fraction of sp³-hybridized carbons (Fsp3) is 0.591. The molecule has 0 heterocycles. The Balaban J connectivity index is 1.93. The van der Waals surface area contributed by atoms with Crippen LogP contribution in [0.5, 0.6) is 0 Å².